The number of nitrogens with one attached hydrogen (secondary N) is 1. The van der Waals surface area contributed by atoms with Gasteiger partial charge < -0.3 is 10.2 Å². The number of hydrogen-bond acceptors (Lipinski definition) is 1. The van der Waals surface area contributed by atoms with Gasteiger partial charge in [-0.2, -0.15) is 0 Å². The van der Waals surface area contributed by atoms with E-state index >= 15 is 0 Å². The average Bonchev–Trinajstić information content (AvgIpc) is 2.67. The van der Waals surface area contributed by atoms with Gasteiger partial charge >= 0.3 is 0 Å². The molecule has 0 aliphatic rings. The van der Waals surface area contributed by atoms with Gasteiger partial charge in [-0.3, -0.25) is 0 Å². The summed E-state index contributed by atoms with van der Waals surface area (Å²) in [7, 11) is 0. The Kier molecular flexibility index (Phi) is 9.65. The highest BCUT2D eigenvalue weighted by molar-refractivity contribution is 7.80. The van der Waals surface area contributed by atoms with E-state index in [4.69, 9.17) is 23.8 Å². The van der Waals surface area contributed by atoms with Crippen LogP contribution < -0.4 is 5.32 Å². The minimum Gasteiger partial charge on any atom is -0.345 e. The zero-order chi connectivity index (χ0) is 19.5. The van der Waals surface area contributed by atoms with E-state index in [1.807, 2.05) is 31.2 Å². The second-order valence-electron chi connectivity index (χ2n) is 7.07. The Morgan fingerprint density at radius 2 is 1.70 bits per heavy atom. The van der Waals surface area contributed by atoms with Crippen LogP contribution in [0.5, 0.6) is 0 Å². The molecular formula is C23H31ClN2S. The second-order valence-corrected chi connectivity index (χ2v) is 7.86. The third-order valence-corrected chi connectivity index (χ3v) is 5.48. The van der Waals surface area contributed by atoms with Gasteiger partial charge in [0.15, 0.2) is 5.11 Å². The van der Waals surface area contributed by atoms with Gasteiger partial charge in [-0.05, 0) is 48.8 Å². The molecule has 2 aromatic rings. The Morgan fingerprint density at radius 3 is 2.41 bits per heavy atom. The minimum absolute atomic E-state index is 0.757. The third kappa shape index (κ3) is 7.90. The van der Waals surface area contributed by atoms with Gasteiger partial charge in [-0.1, -0.05) is 87.0 Å². The number of halogens is 1. The highest BCUT2D eigenvalue weighted by atomic mass is 35.5. The fourth-order valence-electron chi connectivity index (χ4n) is 3.01. The standard InChI is InChI=1S/C23H31ClN2S/c1-3-4-5-6-7-11-16-26(18-20-12-9-8-10-13-20)23(27)25-21-15-14-19(2)22(24)17-21/h8-10,12-15,17H,3-7,11,16,18H2,1-2H3,(H,25,27). The first-order valence-electron chi connectivity index (χ1n) is 9.96. The molecule has 146 valence electrons. The summed E-state index contributed by atoms with van der Waals surface area (Å²) in [5.74, 6) is 0. The van der Waals surface area contributed by atoms with Crippen LogP contribution in [0.4, 0.5) is 5.69 Å². The molecule has 0 aromatic heterocycles. The van der Waals surface area contributed by atoms with E-state index in [1.54, 1.807) is 0 Å². The van der Waals surface area contributed by atoms with Gasteiger partial charge in [0.2, 0.25) is 0 Å². The van der Waals surface area contributed by atoms with Gasteiger partial charge in [0.1, 0.15) is 0 Å². The molecule has 0 radical (unpaired) electrons. The summed E-state index contributed by atoms with van der Waals surface area (Å²) in [5.41, 5.74) is 3.28. The van der Waals surface area contributed by atoms with Crippen LogP contribution in [0.25, 0.3) is 0 Å². The van der Waals surface area contributed by atoms with Gasteiger partial charge in [0.05, 0.1) is 0 Å². The lowest BCUT2D eigenvalue weighted by atomic mass is 10.1. The van der Waals surface area contributed by atoms with Crippen molar-refractivity contribution in [3.05, 3.63) is 64.7 Å². The summed E-state index contributed by atoms with van der Waals surface area (Å²) in [6.45, 7) is 6.04. The third-order valence-electron chi connectivity index (χ3n) is 4.71. The highest BCUT2D eigenvalue weighted by Gasteiger charge is 2.11. The molecule has 0 aliphatic heterocycles. The van der Waals surface area contributed by atoms with Crippen molar-refractivity contribution >= 4 is 34.6 Å². The topological polar surface area (TPSA) is 15.3 Å². The lowest BCUT2D eigenvalue weighted by Gasteiger charge is -2.26. The Bertz CT molecular complexity index is 703. The number of aryl methyl sites for hydroxylation is 1. The SMILES string of the molecule is CCCCCCCCN(Cc1ccccc1)C(=S)Nc1ccc(C)c(Cl)c1. The molecule has 0 fully saturated rings. The summed E-state index contributed by atoms with van der Waals surface area (Å²) in [6, 6.07) is 16.5. The molecule has 2 rings (SSSR count). The van der Waals surface area contributed by atoms with E-state index in [0.717, 1.165) is 40.9 Å². The van der Waals surface area contributed by atoms with Crippen LogP contribution in [0, 0.1) is 6.92 Å². The number of benzene rings is 2. The van der Waals surface area contributed by atoms with Crippen molar-refractivity contribution in [3.8, 4) is 0 Å². The second kappa shape index (κ2) is 12.0. The number of unbranched alkanes of at least 4 members (excludes halogenated alkanes) is 5. The van der Waals surface area contributed by atoms with E-state index in [2.05, 4.69) is 41.4 Å². The minimum atomic E-state index is 0.757. The highest BCUT2D eigenvalue weighted by Crippen LogP contribution is 2.21. The summed E-state index contributed by atoms with van der Waals surface area (Å²) in [5, 5.41) is 4.88. The van der Waals surface area contributed by atoms with Crippen molar-refractivity contribution in [2.75, 3.05) is 11.9 Å². The number of nitrogens with zero attached hydrogens (tertiary/aromatic N) is 1. The summed E-state index contributed by atoms with van der Waals surface area (Å²) in [4.78, 5) is 2.26. The van der Waals surface area contributed by atoms with Crippen molar-refractivity contribution in [1.29, 1.82) is 0 Å². The maximum atomic E-state index is 6.25. The molecule has 0 heterocycles. The Hall–Kier alpha value is -1.58. The first-order valence-corrected chi connectivity index (χ1v) is 10.7. The zero-order valence-electron chi connectivity index (χ0n) is 16.5. The molecule has 1 N–H and O–H groups in total. The van der Waals surface area contributed by atoms with E-state index in [-0.39, 0.29) is 0 Å². The maximum absolute atomic E-state index is 6.25. The molecule has 0 aliphatic carbocycles. The van der Waals surface area contributed by atoms with E-state index in [1.165, 1.54) is 37.7 Å². The normalized spacial score (nSPS) is 10.6. The molecule has 4 heteroatoms. The molecule has 27 heavy (non-hydrogen) atoms. The summed E-state index contributed by atoms with van der Waals surface area (Å²) < 4.78 is 0. The van der Waals surface area contributed by atoms with Crippen LogP contribution >= 0.6 is 23.8 Å². The number of anilines is 1. The monoisotopic (exact) mass is 402 g/mol. The summed E-state index contributed by atoms with van der Waals surface area (Å²) in [6.07, 6.45) is 7.67. The molecule has 0 atom stereocenters. The number of thiocarbonyl (C=S) groups is 1. The lowest BCUT2D eigenvalue weighted by Crippen LogP contribution is -2.35. The fraction of sp³-hybridized carbons (Fsp3) is 0.435. The Labute approximate surface area is 174 Å². The molecular weight excluding hydrogens is 372 g/mol. The van der Waals surface area contributed by atoms with Gasteiger partial charge in [-0.25, -0.2) is 0 Å². The van der Waals surface area contributed by atoms with Gasteiger partial charge in [0, 0.05) is 23.8 Å². The quantitative estimate of drug-likeness (QED) is 0.334. The van der Waals surface area contributed by atoms with E-state index in [9.17, 15) is 0 Å². The zero-order valence-corrected chi connectivity index (χ0v) is 18.1. The van der Waals surface area contributed by atoms with Crippen LogP contribution in [-0.2, 0) is 6.54 Å². The van der Waals surface area contributed by atoms with Crippen LogP contribution in [0.1, 0.15) is 56.6 Å². The van der Waals surface area contributed by atoms with Crippen LogP contribution in [0.15, 0.2) is 48.5 Å². The average molecular weight is 403 g/mol. The molecule has 0 saturated carbocycles. The van der Waals surface area contributed by atoms with Gasteiger partial charge in [0.25, 0.3) is 0 Å². The van der Waals surface area contributed by atoms with Crippen molar-refractivity contribution < 1.29 is 0 Å². The smallest absolute Gasteiger partial charge is 0.173 e. The van der Waals surface area contributed by atoms with E-state index < -0.39 is 0 Å². The maximum Gasteiger partial charge on any atom is 0.173 e. The van der Waals surface area contributed by atoms with Crippen molar-refractivity contribution in [3.63, 3.8) is 0 Å². The van der Waals surface area contributed by atoms with Crippen molar-refractivity contribution in [2.45, 2.75) is 58.9 Å². The molecule has 0 amide bonds. The van der Waals surface area contributed by atoms with Gasteiger partial charge in [-0.15, -0.1) is 0 Å². The molecule has 0 spiro atoms. The number of hydrogen-bond donors (Lipinski definition) is 1. The first-order chi connectivity index (χ1) is 13.1. The number of rotatable bonds is 10. The first kappa shape index (κ1) is 21.7. The predicted octanol–water partition coefficient (Wildman–Crippen LogP) is 7.21. The molecule has 0 saturated heterocycles. The predicted molar refractivity (Wildman–Crippen MR) is 123 cm³/mol. The Morgan fingerprint density at radius 1 is 1.00 bits per heavy atom. The Balaban J connectivity index is 1.96. The molecule has 0 unspecified atom stereocenters. The lowest BCUT2D eigenvalue weighted by molar-refractivity contribution is 0.399. The molecule has 0 bridgehead atoms. The van der Waals surface area contributed by atoms with Crippen molar-refractivity contribution in [2.24, 2.45) is 0 Å². The fourth-order valence-corrected chi connectivity index (χ4v) is 3.47. The largest absolute Gasteiger partial charge is 0.345 e. The van der Waals surface area contributed by atoms with E-state index in [0.29, 0.717) is 0 Å². The molecule has 2 aromatic carbocycles. The van der Waals surface area contributed by atoms with Crippen molar-refractivity contribution in [1.82, 2.24) is 4.90 Å². The van der Waals surface area contributed by atoms with Crippen LogP contribution in [0.2, 0.25) is 5.02 Å². The molecule has 2 nitrogen and oxygen atoms in total. The van der Waals surface area contributed by atoms with Crippen LogP contribution in [0.3, 0.4) is 0 Å². The van der Waals surface area contributed by atoms with Crippen LogP contribution in [-0.4, -0.2) is 16.6 Å². The summed E-state index contributed by atoms with van der Waals surface area (Å²) >= 11 is 12.0.